The number of nitrogens with zero attached hydrogens (tertiary/aromatic N) is 2. The van der Waals surface area contributed by atoms with Gasteiger partial charge in [0.1, 0.15) is 5.76 Å². The van der Waals surface area contributed by atoms with Crippen LogP contribution in [-0.2, 0) is 18.6 Å². The average Bonchev–Trinajstić information content (AvgIpc) is 3.17. The van der Waals surface area contributed by atoms with Crippen LogP contribution >= 0.6 is 11.6 Å². The molecule has 0 unspecified atom stereocenters. The molecule has 24 heavy (non-hydrogen) atoms. The van der Waals surface area contributed by atoms with E-state index >= 15 is 0 Å². The van der Waals surface area contributed by atoms with Crippen LogP contribution in [0.5, 0.6) is 0 Å². The third-order valence-electron chi connectivity index (χ3n) is 3.80. The summed E-state index contributed by atoms with van der Waals surface area (Å²) >= 11 is 6.38. The average molecular weight is 344 g/mol. The standard InChI is InChI=1S/C19H22ClN3O/c1-19(2,3)23-13-14(11-21-12-15-7-6-10-24-15)18(22-23)16-8-4-5-9-17(16)20/h4-10,13,21H,11-12H2,1-3H3. The number of halogens is 1. The molecule has 2 heterocycles. The lowest BCUT2D eigenvalue weighted by Gasteiger charge is -2.18. The molecular formula is C19H22ClN3O. The first-order valence-electron chi connectivity index (χ1n) is 8.02. The summed E-state index contributed by atoms with van der Waals surface area (Å²) in [5.74, 6) is 0.914. The molecule has 5 heteroatoms. The molecule has 0 spiro atoms. The smallest absolute Gasteiger partial charge is 0.117 e. The zero-order valence-electron chi connectivity index (χ0n) is 14.2. The number of hydrogen-bond acceptors (Lipinski definition) is 3. The number of hydrogen-bond donors (Lipinski definition) is 1. The van der Waals surface area contributed by atoms with E-state index in [0.29, 0.717) is 18.1 Å². The maximum Gasteiger partial charge on any atom is 0.117 e. The van der Waals surface area contributed by atoms with Crippen molar-refractivity contribution in [3.05, 3.63) is 65.2 Å². The molecule has 0 aliphatic rings. The third-order valence-corrected chi connectivity index (χ3v) is 4.13. The molecule has 0 saturated carbocycles. The van der Waals surface area contributed by atoms with Crippen LogP contribution in [0.25, 0.3) is 11.3 Å². The molecule has 0 aliphatic carbocycles. The van der Waals surface area contributed by atoms with Crippen LogP contribution in [0.4, 0.5) is 0 Å². The minimum absolute atomic E-state index is 0.0880. The molecule has 0 aliphatic heterocycles. The first-order valence-corrected chi connectivity index (χ1v) is 8.40. The van der Waals surface area contributed by atoms with E-state index in [-0.39, 0.29) is 5.54 Å². The van der Waals surface area contributed by atoms with E-state index in [2.05, 4.69) is 32.3 Å². The first-order chi connectivity index (χ1) is 11.4. The minimum Gasteiger partial charge on any atom is -0.468 e. The number of furan rings is 1. The lowest BCUT2D eigenvalue weighted by molar-refractivity contribution is 0.356. The lowest BCUT2D eigenvalue weighted by Crippen LogP contribution is -2.22. The molecule has 4 nitrogen and oxygen atoms in total. The van der Waals surface area contributed by atoms with Gasteiger partial charge in [-0.2, -0.15) is 5.10 Å². The van der Waals surface area contributed by atoms with E-state index in [0.717, 1.165) is 22.6 Å². The second-order valence-corrected chi connectivity index (χ2v) is 7.19. The highest BCUT2D eigenvalue weighted by molar-refractivity contribution is 6.33. The Labute approximate surface area is 147 Å². The summed E-state index contributed by atoms with van der Waals surface area (Å²) in [5, 5.41) is 8.92. The quantitative estimate of drug-likeness (QED) is 0.720. The molecule has 0 atom stereocenters. The molecule has 2 aromatic heterocycles. The molecule has 0 bridgehead atoms. The van der Waals surface area contributed by atoms with Crippen molar-refractivity contribution in [1.29, 1.82) is 0 Å². The highest BCUT2D eigenvalue weighted by Gasteiger charge is 2.20. The van der Waals surface area contributed by atoms with E-state index in [1.165, 1.54) is 0 Å². The van der Waals surface area contributed by atoms with E-state index in [1.54, 1.807) is 6.26 Å². The van der Waals surface area contributed by atoms with Gasteiger partial charge in [0.15, 0.2) is 0 Å². The summed E-state index contributed by atoms with van der Waals surface area (Å²) in [7, 11) is 0. The van der Waals surface area contributed by atoms with Crippen LogP contribution in [0.15, 0.2) is 53.3 Å². The minimum atomic E-state index is -0.0880. The van der Waals surface area contributed by atoms with Crippen molar-refractivity contribution in [3.8, 4) is 11.3 Å². The van der Waals surface area contributed by atoms with Gasteiger partial charge in [-0.25, -0.2) is 0 Å². The highest BCUT2D eigenvalue weighted by Crippen LogP contribution is 2.30. The van der Waals surface area contributed by atoms with Gasteiger partial charge >= 0.3 is 0 Å². The Morgan fingerprint density at radius 1 is 1.12 bits per heavy atom. The van der Waals surface area contributed by atoms with Crippen LogP contribution in [0, 0.1) is 0 Å². The maximum absolute atomic E-state index is 6.38. The van der Waals surface area contributed by atoms with Crippen molar-refractivity contribution in [2.24, 2.45) is 0 Å². The van der Waals surface area contributed by atoms with Gasteiger partial charge in [0, 0.05) is 23.9 Å². The monoisotopic (exact) mass is 343 g/mol. The van der Waals surface area contributed by atoms with Crippen molar-refractivity contribution < 1.29 is 4.42 Å². The Kier molecular flexibility index (Phi) is 4.78. The zero-order valence-corrected chi connectivity index (χ0v) is 15.0. The Bertz CT molecular complexity index is 800. The Morgan fingerprint density at radius 2 is 1.92 bits per heavy atom. The van der Waals surface area contributed by atoms with E-state index in [9.17, 15) is 0 Å². The highest BCUT2D eigenvalue weighted by atomic mass is 35.5. The van der Waals surface area contributed by atoms with Crippen LogP contribution in [0.1, 0.15) is 32.1 Å². The van der Waals surface area contributed by atoms with E-state index in [1.807, 2.05) is 41.1 Å². The molecule has 126 valence electrons. The summed E-state index contributed by atoms with van der Waals surface area (Å²) in [4.78, 5) is 0. The summed E-state index contributed by atoms with van der Waals surface area (Å²) in [6.45, 7) is 7.77. The molecular weight excluding hydrogens is 322 g/mol. The number of nitrogens with one attached hydrogen (secondary N) is 1. The Morgan fingerprint density at radius 3 is 2.58 bits per heavy atom. The molecule has 0 amide bonds. The topological polar surface area (TPSA) is 43.0 Å². The fourth-order valence-corrected chi connectivity index (χ4v) is 2.72. The fourth-order valence-electron chi connectivity index (χ4n) is 2.50. The predicted molar refractivity (Wildman–Crippen MR) is 96.9 cm³/mol. The Hall–Kier alpha value is -2.04. The second kappa shape index (κ2) is 6.83. The van der Waals surface area contributed by atoms with E-state index in [4.69, 9.17) is 21.1 Å². The van der Waals surface area contributed by atoms with Gasteiger partial charge in [0.05, 0.1) is 29.1 Å². The molecule has 3 rings (SSSR count). The van der Waals surface area contributed by atoms with Crippen molar-refractivity contribution in [2.75, 3.05) is 0 Å². The normalized spacial score (nSPS) is 11.8. The predicted octanol–water partition coefficient (Wildman–Crippen LogP) is 4.84. The Balaban J connectivity index is 1.88. The molecule has 3 aromatic rings. The van der Waals surface area contributed by atoms with Gasteiger partial charge < -0.3 is 9.73 Å². The van der Waals surface area contributed by atoms with Crippen molar-refractivity contribution in [3.63, 3.8) is 0 Å². The van der Waals surface area contributed by atoms with Crippen LogP contribution in [0.2, 0.25) is 5.02 Å². The zero-order chi connectivity index (χ0) is 17.2. The van der Waals surface area contributed by atoms with Gasteiger partial charge in [-0.3, -0.25) is 4.68 Å². The molecule has 0 radical (unpaired) electrons. The van der Waals surface area contributed by atoms with Crippen molar-refractivity contribution in [2.45, 2.75) is 39.4 Å². The number of benzene rings is 1. The van der Waals surface area contributed by atoms with Gasteiger partial charge in [0.2, 0.25) is 0 Å². The first kappa shape index (κ1) is 16.8. The van der Waals surface area contributed by atoms with Crippen LogP contribution < -0.4 is 5.32 Å². The van der Waals surface area contributed by atoms with Crippen molar-refractivity contribution >= 4 is 11.6 Å². The number of aromatic nitrogens is 2. The van der Waals surface area contributed by atoms with E-state index < -0.39 is 0 Å². The summed E-state index contributed by atoms with van der Waals surface area (Å²) in [6, 6.07) is 11.7. The van der Waals surface area contributed by atoms with Crippen LogP contribution in [0.3, 0.4) is 0 Å². The summed E-state index contributed by atoms with van der Waals surface area (Å²) in [6.07, 6.45) is 3.78. The summed E-state index contributed by atoms with van der Waals surface area (Å²) < 4.78 is 7.36. The molecule has 0 fully saturated rings. The molecule has 0 saturated heterocycles. The van der Waals surface area contributed by atoms with Gasteiger partial charge in [-0.15, -0.1) is 0 Å². The SMILES string of the molecule is CC(C)(C)n1cc(CNCc2ccco2)c(-c2ccccc2Cl)n1. The molecule has 1 N–H and O–H groups in total. The fraction of sp³-hybridized carbons (Fsp3) is 0.316. The van der Waals surface area contributed by atoms with Gasteiger partial charge in [-0.05, 0) is 39.0 Å². The third kappa shape index (κ3) is 3.71. The van der Waals surface area contributed by atoms with Gasteiger partial charge in [-0.1, -0.05) is 29.8 Å². The molecule has 1 aromatic carbocycles. The summed E-state index contributed by atoms with van der Waals surface area (Å²) in [5.41, 5.74) is 2.90. The second-order valence-electron chi connectivity index (χ2n) is 6.78. The maximum atomic E-state index is 6.38. The lowest BCUT2D eigenvalue weighted by atomic mass is 10.1. The van der Waals surface area contributed by atoms with Crippen molar-refractivity contribution in [1.82, 2.24) is 15.1 Å². The van der Waals surface area contributed by atoms with Crippen LogP contribution in [-0.4, -0.2) is 9.78 Å². The largest absolute Gasteiger partial charge is 0.468 e. The number of rotatable bonds is 5. The van der Waals surface area contributed by atoms with Gasteiger partial charge in [0.25, 0.3) is 0 Å².